The van der Waals surface area contributed by atoms with Crippen molar-refractivity contribution in [1.29, 1.82) is 0 Å². The molecule has 0 heterocycles. The van der Waals surface area contributed by atoms with Gasteiger partial charge in [-0.3, -0.25) is 0 Å². The summed E-state index contributed by atoms with van der Waals surface area (Å²) in [5.74, 6) is -0.712. The molecule has 0 bridgehead atoms. The van der Waals surface area contributed by atoms with Crippen LogP contribution < -0.4 is 9.47 Å². The first-order valence-electron chi connectivity index (χ1n) is 6.36. The second kappa shape index (κ2) is 6.76. The number of hydrogen-bond acceptors (Lipinski definition) is 2. The smallest absolute Gasteiger partial charge is 0.165 e. The summed E-state index contributed by atoms with van der Waals surface area (Å²) in [5, 5.41) is -0.564. The molecule has 0 saturated heterocycles. The minimum Gasteiger partial charge on any atom is -0.493 e. The van der Waals surface area contributed by atoms with Crippen molar-refractivity contribution in [2.24, 2.45) is 0 Å². The van der Waals surface area contributed by atoms with E-state index >= 15 is 0 Å². The largest absolute Gasteiger partial charge is 0.493 e. The Bertz CT molecular complexity index is 632. The summed E-state index contributed by atoms with van der Waals surface area (Å²) in [6.07, 6.45) is 0.147. The molecule has 0 saturated carbocycles. The number of halogens is 3. The lowest BCUT2D eigenvalue weighted by atomic mass is 10.0. The Morgan fingerprint density at radius 1 is 1.05 bits per heavy atom. The van der Waals surface area contributed by atoms with Gasteiger partial charge >= 0.3 is 0 Å². The highest BCUT2D eigenvalue weighted by Crippen LogP contribution is 2.38. The van der Waals surface area contributed by atoms with Crippen molar-refractivity contribution in [3.05, 3.63) is 59.2 Å². The first-order chi connectivity index (χ1) is 10.1. The van der Waals surface area contributed by atoms with E-state index in [1.807, 2.05) is 0 Å². The second-order valence-electron chi connectivity index (χ2n) is 4.47. The van der Waals surface area contributed by atoms with Gasteiger partial charge in [0.15, 0.2) is 23.1 Å². The molecule has 112 valence electrons. The minimum atomic E-state index is -0.881. The Kier molecular flexibility index (Phi) is 5.02. The third-order valence-corrected chi connectivity index (χ3v) is 3.59. The van der Waals surface area contributed by atoms with Crippen LogP contribution >= 0.6 is 11.6 Å². The van der Waals surface area contributed by atoms with Crippen molar-refractivity contribution >= 4 is 11.6 Å². The van der Waals surface area contributed by atoms with Gasteiger partial charge in [0.05, 0.1) is 19.6 Å². The van der Waals surface area contributed by atoms with E-state index in [0.29, 0.717) is 17.1 Å². The lowest BCUT2D eigenvalue weighted by molar-refractivity contribution is 0.351. The monoisotopic (exact) mass is 312 g/mol. The summed E-state index contributed by atoms with van der Waals surface area (Å²) in [4.78, 5) is 0. The molecule has 0 amide bonds. The van der Waals surface area contributed by atoms with Gasteiger partial charge in [-0.1, -0.05) is 24.3 Å². The number of para-hydroxylation sites is 1. The molecule has 0 aromatic heterocycles. The highest BCUT2D eigenvalue weighted by atomic mass is 35.5. The van der Waals surface area contributed by atoms with Crippen LogP contribution in [0.4, 0.5) is 8.78 Å². The number of alkyl halides is 1. The molecule has 0 spiro atoms. The predicted octanol–water partition coefficient (Wildman–Crippen LogP) is 4.50. The first kappa shape index (κ1) is 15.6. The Morgan fingerprint density at radius 3 is 2.43 bits per heavy atom. The van der Waals surface area contributed by atoms with Gasteiger partial charge < -0.3 is 9.47 Å². The van der Waals surface area contributed by atoms with Gasteiger partial charge in [-0.05, 0) is 24.1 Å². The van der Waals surface area contributed by atoms with Crippen LogP contribution in [0, 0.1) is 11.6 Å². The molecule has 1 atom stereocenters. The Hall–Kier alpha value is -1.81. The van der Waals surface area contributed by atoms with E-state index in [-0.39, 0.29) is 12.0 Å². The zero-order valence-corrected chi connectivity index (χ0v) is 12.5. The maximum absolute atomic E-state index is 13.7. The molecule has 0 aliphatic carbocycles. The lowest BCUT2D eigenvalue weighted by Crippen LogP contribution is -2.03. The minimum absolute atomic E-state index is 0.147. The van der Waals surface area contributed by atoms with Gasteiger partial charge in [-0.2, -0.15) is 0 Å². The van der Waals surface area contributed by atoms with Crippen LogP contribution in [0.1, 0.15) is 16.5 Å². The normalized spacial score (nSPS) is 12.0. The fraction of sp³-hybridized carbons (Fsp3) is 0.250. The molecule has 2 aromatic carbocycles. The van der Waals surface area contributed by atoms with Crippen LogP contribution in [0.5, 0.6) is 11.5 Å². The summed E-state index contributed by atoms with van der Waals surface area (Å²) in [7, 11) is 3.03. The molecule has 0 radical (unpaired) electrons. The van der Waals surface area contributed by atoms with Crippen molar-refractivity contribution in [2.45, 2.75) is 11.8 Å². The number of hydrogen-bond donors (Lipinski definition) is 0. The van der Waals surface area contributed by atoms with E-state index < -0.39 is 17.0 Å². The highest BCUT2D eigenvalue weighted by Gasteiger charge is 2.19. The van der Waals surface area contributed by atoms with E-state index in [9.17, 15) is 8.78 Å². The third kappa shape index (κ3) is 3.27. The van der Waals surface area contributed by atoms with Gasteiger partial charge in [0.25, 0.3) is 0 Å². The van der Waals surface area contributed by atoms with Crippen molar-refractivity contribution in [3.63, 3.8) is 0 Å². The van der Waals surface area contributed by atoms with Crippen LogP contribution in [0.15, 0.2) is 36.4 Å². The molecule has 0 fully saturated rings. The second-order valence-corrected chi connectivity index (χ2v) is 4.99. The number of ether oxygens (including phenoxy) is 2. The lowest BCUT2D eigenvalue weighted by Gasteiger charge is -2.17. The van der Waals surface area contributed by atoms with Crippen molar-refractivity contribution < 1.29 is 18.3 Å². The van der Waals surface area contributed by atoms with Gasteiger partial charge in [-0.15, -0.1) is 11.6 Å². The summed E-state index contributed by atoms with van der Waals surface area (Å²) in [5.41, 5.74) is 0.891. The maximum Gasteiger partial charge on any atom is 0.165 e. The maximum atomic E-state index is 13.7. The van der Waals surface area contributed by atoms with Crippen LogP contribution in [0.25, 0.3) is 0 Å². The molecule has 2 rings (SSSR count). The zero-order valence-electron chi connectivity index (χ0n) is 11.7. The van der Waals surface area contributed by atoms with E-state index in [1.54, 1.807) is 18.2 Å². The van der Waals surface area contributed by atoms with E-state index in [1.165, 1.54) is 26.4 Å². The SMILES string of the molecule is COc1cccc(C(Cl)Cc2cccc(F)c2F)c1OC. The van der Waals surface area contributed by atoms with Crippen LogP contribution in [-0.2, 0) is 6.42 Å². The standard InChI is InChI=1S/C16H15ClF2O2/c1-20-14-8-4-6-11(16(14)21-2)12(17)9-10-5-3-7-13(18)15(10)19/h3-8,12H,9H2,1-2H3. The van der Waals surface area contributed by atoms with E-state index in [2.05, 4.69) is 0 Å². The molecular formula is C16H15ClF2O2. The van der Waals surface area contributed by atoms with Crippen LogP contribution in [0.2, 0.25) is 0 Å². The van der Waals surface area contributed by atoms with Crippen LogP contribution in [-0.4, -0.2) is 14.2 Å². The molecule has 0 aliphatic heterocycles. The topological polar surface area (TPSA) is 18.5 Å². The number of benzene rings is 2. The van der Waals surface area contributed by atoms with E-state index in [4.69, 9.17) is 21.1 Å². The molecule has 1 unspecified atom stereocenters. The van der Waals surface area contributed by atoms with E-state index in [0.717, 1.165) is 6.07 Å². The average molecular weight is 313 g/mol. The average Bonchev–Trinajstić information content (AvgIpc) is 2.50. The molecule has 21 heavy (non-hydrogen) atoms. The first-order valence-corrected chi connectivity index (χ1v) is 6.80. The summed E-state index contributed by atoms with van der Waals surface area (Å²) < 4.78 is 37.5. The quantitative estimate of drug-likeness (QED) is 0.757. The molecule has 2 nitrogen and oxygen atoms in total. The Balaban J connectivity index is 2.32. The van der Waals surface area contributed by atoms with Crippen molar-refractivity contribution in [1.82, 2.24) is 0 Å². The molecule has 0 aliphatic rings. The number of rotatable bonds is 5. The fourth-order valence-corrected chi connectivity index (χ4v) is 2.51. The Morgan fingerprint density at radius 2 is 1.76 bits per heavy atom. The molecular weight excluding hydrogens is 298 g/mol. The van der Waals surface area contributed by atoms with Crippen molar-refractivity contribution in [3.8, 4) is 11.5 Å². The molecule has 2 aromatic rings. The van der Waals surface area contributed by atoms with Gasteiger partial charge in [0.2, 0.25) is 0 Å². The third-order valence-electron chi connectivity index (χ3n) is 3.20. The van der Waals surface area contributed by atoms with Gasteiger partial charge in [0.1, 0.15) is 0 Å². The summed E-state index contributed by atoms with van der Waals surface area (Å²) in [6.45, 7) is 0. The highest BCUT2D eigenvalue weighted by molar-refractivity contribution is 6.21. The summed E-state index contributed by atoms with van der Waals surface area (Å²) in [6, 6.07) is 9.34. The Labute approximate surface area is 127 Å². The predicted molar refractivity (Wildman–Crippen MR) is 78.2 cm³/mol. The van der Waals surface area contributed by atoms with Gasteiger partial charge in [0, 0.05) is 5.56 Å². The molecule has 0 N–H and O–H groups in total. The fourth-order valence-electron chi connectivity index (χ4n) is 2.17. The molecule has 5 heteroatoms. The van der Waals surface area contributed by atoms with Gasteiger partial charge in [-0.25, -0.2) is 8.78 Å². The zero-order chi connectivity index (χ0) is 15.4. The van der Waals surface area contributed by atoms with Crippen LogP contribution in [0.3, 0.4) is 0 Å². The number of methoxy groups -OCH3 is 2. The van der Waals surface area contributed by atoms with Crippen molar-refractivity contribution in [2.75, 3.05) is 14.2 Å². The summed E-state index contributed by atoms with van der Waals surface area (Å²) >= 11 is 6.35.